The zero-order valence-electron chi connectivity index (χ0n) is 19.8. The molecule has 2 heterocycles. The van der Waals surface area contributed by atoms with Gasteiger partial charge in [0.15, 0.2) is 0 Å². The number of hydrogen-bond acceptors (Lipinski definition) is 3. The Balaban J connectivity index is 1.82. The van der Waals surface area contributed by atoms with E-state index >= 15 is 0 Å². The van der Waals surface area contributed by atoms with Gasteiger partial charge in [0.05, 0.1) is 0 Å². The smallest absolute Gasteiger partial charge is 0.274 e. The van der Waals surface area contributed by atoms with Crippen molar-refractivity contribution in [2.75, 3.05) is 0 Å². The number of H-pyrrole nitrogens is 1. The molecule has 0 bridgehead atoms. The molecule has 1 aliphatic carbocycles. The van der Waals surface area contributed by atoms with Crippen LogP contribution in [0.3, 0.4) is 0 Å². The molecule has 2 aromatic heterocycles. The maximum absolute atomic E-state index is 12.6. The molecule has 0 aliphatic heterocycles. The minimum absolute atomic E-state index is 0.0324. The number of thioether (sulfide) groups is 1. The summed E-state index contributed by atoms with van der Waals surface area (Å²) in [4.78, 5) is 17.0. The van der Waals surface area contributed by atoms with E-state index in [1.807, 2.05) is 48.4 Å². The highest BCUT2D eigenvalue weighted by Crippen LogP contribution is 2.43. The Kier molecular flexibility index (Phi) is 7.29. The summed E-state index contributed by atoms with van der Waals surface area (Å²) in [7, 11) is 1.79. The SMILES string of the molecule is CC\C=C/C(=C\C=C\C(C)C)Oc1ccc(SC2CC2)cc1-c1cn(C)c(=O)c2[nH]ccc12. The van der Waals surface area contributed by atoms with Gasteiger partial charge in [-0.25, -0.2) is 0 Å². The number of aromatic amines is 1. The second kappa shape index (κ2) is 10.3. The summed E-state index contributed by atoms with van der Waals surface area (Å²) in [6.45, 7) is 6.42. The third-order valence-electron chi connectivity index (χ3n) is 5.46. The van der Waals surface area contributed by atoms with Gasteiger partial charge in [-0.2, -0.15) is 0 Å². The molecule has 1 aromatic carbocycles. The number of hydrogen-bond donors (Lipinski definition) is 1. The maximum Gasteiger partial charge on any atom is 0.274 e. The van der Waals surface area contributed by atoms with Crippen LogP contribution in [-0.4, -0.2) is 14.8 Å². The molecule has 1 saturated carbocycles. The summed E-state index contributed by atoms with van der Waals surface area (Å²) in [5, 5.41) is 1.62. The summed E-state index contributed by atoms with van der Waals surface area (Å²) in [5.74, 6) is 2.04. The molecule has 1 aliphatic rings. The van der Waals surface area contributed by atoms with Gasteiger partial charge in [-0.15, -0.1) is 11.8 Å². The van der Waals surface area contributed by atoms with E-state index in [9.17, 15) is 4.79 Å². The minimum atomic E-state index is -0.0324. The minimum Gasteiger partial charge on any atom is -0.457 e. The second-order valence-corrected chi connectivity index (χ2v) is 10.2. The molecule has 0 spiro atoms. The van der Waals surface area contributed by atoms with E-state index in [0.717, 1.165) is 34.4 Å². The average molecular weight is 461 g/mol. The lowest BCUT2D eigenvalue weighted by Crippen LogP contribution is -2.16. The number of allylic oxidation sites excluding steroid dienone is 5. The van der Waals surface area contributed by atoms with Crippen LogP contribution in [-0.2, 0) is 7.05 Å². The molecule has 1 N–H and O–H groups in total. The lowest BCUT2D eigenvalue weighted by Gasteiger charge is -2.15. The van der Waals surface area contributed by atoms with Gasteiger partial charge < -0.3 is 14.3 Å². The Hall–Kier alpha value is -2.92. The van der Waals surface area contributed by atoms with Crippen molar-refractivity contribution in [3.8, 4) is 16.9 Å². The Morgan fingerprint density at radius 3 is 2.82 bits per heavy atom. The molecule has 0 amide bonds. The van der Waals surface area contributed by atoms with Crippen LogP contribution in [0.4, 0.5) is 0 Å². The molecular weight excluding hydrogens is 428 g/mol. The van der Waals surface area contributed by atoms with Gasteiger partial charge in [-0.1, -0.05) is 39.0 Å². The van der Waals surface area contributed by atoms with Crippen LogP contribution < -0.4 is 10.3 Å². The number of rotatable bonds is 9. The van der Waals surface area contributed by atoms with Crippen molar-refractivity contribution in [3.63, 3.8) is 0 Å². The van der Waals surface area contributed by atoms with E-state index in [1.54, 1.807) is 11.6 Å². The van der Waals surface area contributed by atoms with Crippen molar-refractivity contribution in [2.45, 2.75) is 50.2 Å². The van der Waals surface area contributed by atoms with Crippen molar-refractivity contribution >= 4 is 22.7 Å². The number of pyridine rings is 1. The number of fused-ring (bicyclic) bond motifs is 1. The van der Waals surface area contributed by atoms with Gasteiger partial charge in [0.2, 0.25) is 0 Å². The Morgan fingerprint density at radius 1 is 1.27 bits per heavy atom. The Labute approximate surface area is 200 Å². The molecule has 0 saturated heterocycles. The van der Waals surface area contributed by atoms with Gasteiger partial charge in [0.1, 0.15) is 17.0 Å². The van der Waals surface area contributed by atoms with E-state index in [4.69, 9.17) is 4.74 Å². The molecule has 0 atom stereocenters. The summed E-state index contributed by atoms with van der Waals surface area (Å²) in [5.41, 5.74) is 2.56. The molecule has 0 unspecified atom stereocenters. The number of aryl methyl sites for hydroxylation is 1. The summed E-state index contributed by atoms with van der Waals surface area (Å²) in [6.07, 6.45) is 17.5. The normalized spacial score (nSPS) is 14.9. The lowest BCUT2D eigenvalue weighted by atomic mass is 10.0. The number of ether oxygens (including phenoxy) is 1. The van der Waals surface area contributed by atoms with E-state index in [1.165, 1.54) is 17.7 Å². The molecular formula is C28H32N2O2S. The largest absolute Gasteiger partial charge is 0.457 e. The third kappa shape index (κ3) is 5.72. The van der Waals surface area contributed by atoms with Crippen molar-refractivity contribution in [3.05, 3.63) is 83.2 Å². The lowest BCUT2D eigenvalue weighted by molar-refractivity contribution is 0.445. The van der Waals surface area contributed by atoms with Gasteiger partial charge in [0.25, 0.3) is 5.56 Å². The number of nitrogens with one attached hydrogen (secondary N) is 1. The van der Waals surface area contributed by atoms with E-state index in [-0.39, 0.29) is 5.56 Å². The predicted octanol–water partition coefficient (Wildman–Crippen LogP) is 7.23. The fourth-order valence-electron chi connectivity index (χ4n) is 3.60. The molecule has 4 rings (SSSR count). The monoisotopic (exact) mass is 460 g/mol. The van der Waals surface area contributed by atoms with E-state index in [0.29, 0.717) is 16.7 Å². The molecule has 1 fully saturated rings. The first-order chi connectivity index (χ1) is 16.0. The molecule has 33 heavy (non-hydrogen) atoms. The van der Waals surface area contributed by atoms with Crippen LogP contribution in [0.25, 0.3) is 22.0 Å². The van der Waals surface area contributed by atoms with Crippen LogP contribution in [0.1, 0.15) is 40.0 Å². The van der Waals surface area contributed by atoms with Crippen LogP contribution in [0.15, 0.2) is 82.5 Å². The summed E-state index contributed by atoms with van der Waals surface area (Å²) < 4.78 is 8.11. The molecule has 5 heteroatoms. The number of benzene rings is 1. The quantitative estimate of drug-likeness (QED) is 0.271. The number of nitrogens with zero attached hydrogens (tertiary/aromatic N) is 1. The average Bonchev–Trinajstić information content (AvgIpc) is 3.46. The predicted molar refractivity (Wildman–Crippen MR) is 140 cm³/mol. The second-order valence-electron chi connectivity index (χ2n) is 8.81. The topological polar surface area (TPSA) is 47.0 Å². The zero-order chi connectivity index (χ0) is 23.4. The third-order valence-corrected chi connectivity index (χ3v) is 6.80. The van der Waals surface area contributed by atoms with Crippen molar-refractivity contribution in [1.29, 1.82) is 0 Å². The van der Waals surface area contributed by atoms with Gasteiger partial charge in [0, 0.05) is 46.1 Å². The van der Waals surface area contributed by atoms with Crippen molar-refractivity contribution in [1.82, 2.24) is 9.55 Å². The van der Waals surface area contributed by atoms with Gasteiger partial charge >= 0.3 is 0 Å². The zero-order valence-corrected chi connectivity index (χ0v) is 20.6. The van der Waals surface area contributed by atoms with Gasteiger partial charge in [-0.3, -0.25) is 4.79 Å². The number of aromatic nitrogens is 2. The fraction of sp³-hybridized carbons (Fsp3) is 0.321. The highest BCUT2D eigenvalue weighted by molar-refractivity contribution is 8.00. The van der Waals surface area contributed by atoms with Gasteiger partial charge in [-0.05, 0) is 61.6 Å². The van der Waals surface area contributed by atoms with Crippen LogP contribution >= 0.6 is 11.8 Å². The van der Waals surface area contributed by atoms with Crippen LogP contribution in [0.2, 0.25) is 0 Å². The highest BCUT2D eigenvalue weighted by Gasteiger charge is 2.23. The standard InChI is InChI=1S/C28H32N2O2S/c1-5-6-9-20(10-7-8-19(2)3)32-26-14-13-22(33-21-11-12-21)17-24(26)25-18-30(4)28(31)27-23(25)15-16-29-27/h6-10,13-19,21,29H,5,11-12H2,1-4H3/b8-7+,9-6-,20-10+. The molecule has 3 aromatic rings. The van der Waals surface area contributed by atoms with Crippen LogP contribution in [0, 0.1) is 5.92 Å². The first kappa shape index (κ1) is 23.2. The Bertz CT molecular complexity index is 1270. The van der Waals surface area contributed by atoms with Crippen molar-refractivity contribution in [2.24, 2.45) is 13.0 Å². The van der Waals surface area contributed by atoms with Crippen molar-refractivity contribution < 1.29 is 4.74 Å². The first-order valence-corrected chi connectivity index (χ1v) is 12.5. The first-order valence-electron chi connectivity index (χ1n) is 11.7. The van der Waals surface area contributed by atoms with E-state index in [2.05, 4.69) is 56.1 Å². The molecule has 172 valence electrons. The van der Waals surface area contributed by atoms with Crippen LogP contribution in [0.5, 0.6) is 5.75 Å². The molecule has 4 nitrogen and oxygen atoms in total. The fourth-order valence-corrected chi connectivity index (χ4v) is 4.69. The highest BCUT2D eigenvalue weighted by atomic mass is 32.2. The summed E-state index contributed by atoms with van der Waals surface area (Å²) in [6, 6.07) is 8.37. The molecule has 0 radical (unpaired) electrons. The van der Waals surface area contributed by atoms with E-state index < -0.39 is 0 Å². The Morgan fingerprint density at radius 2 is 2.09 bits per heavy atom. The summed E-state index contributed by atoms with van der Waals surface area (Å²) >= 11 is 1.92. The maximum atomic E-state index is 12.6.